The molecule has 2 aromatic carbocycles. The summed E-state index contributed by atoms with van der Waals surface area (Å²) in [5.41, 5.74) is 8.58. The van der Waals surface area contributed by atoms with Crippen molar-refractivity contribution in [2.75, 3.05) is 11.9 Å². The highest BCUT2D eigenvalue weighted by molar-refractivity contribution is 5.90. The van der Waals surface area contributed by atoms with E-state index >= 15 is 0 Å². The highest BCUT2D eigenvalue weighted by Gasteiger charge is 2.43. The predicted molar refractivity (Wildman–Crippen MR) is 81.8 cm³/mol. The number of carbonyl (C=O) groups excluding carboxylic acids is 1. The molecule has 3 N–H and O–H groups in total. The van der Waals surface area contributed by atoms with Gasteiger partial charge >= 0.3 is 0 Å². The number of hydrogen-bond donors (Lipinski definition) is 2. The van der Waals surface area contributed by atoms with Gasteiger partial charge in [0, 0.05) is 5.69 Å². The molecule has 21 heavy (non-hydrogen) atoms. The summed E-state index contributed by atoms with van der Waals surface area (Å²) in [5, 5.41) is 3.28. The fraction of sp³-hybridized carbons (Fsp3) is 0.235. The van der Waals surface area contributed by atoms with Crippen molar-refractivity contribution in [3.8, 4) is 0 Å². The first-order valence-corrected chi connectivity index (χ1v) is 6.93. The molecular weight excluding hydrogens is 264 g/mol. The number of fused-ring (bicyclic) bond motifs is 1. The number of nitrogens with one attached hydrogen (secondary N) is 1. The number of hydrogen-bond acceptors (Lipinski definition) is 3. The van der Waals surface area contributed by atoms with Gasteiger partial charge in [0.1, 0.15) is 0 Å². The summed E-state index contributed by atoms with van der Waals surface area (Å²) in [6.07, 6.45) is 0. The van der Waals surface area contributed by atoms with Crippen LogP contribution in [0.5, 0.6) is 0 Å². The highest BCUT2D eigenvalue weighted by atomic mass is 16.5. The third kappa shape index (κ3) is 2.38. The minimum atomic E-state index is -1.02. The van der Waals surface area contributed by atoms with E-state index in [2.05, 4.69) is 5.32 Å². The lowest BCUT2D eigenvalue weighted by molar-refractivity contribution is -0.125. The van der Waals surface area contributed by atoms with Gasteiger partial charge in [-0.05, 0) is 30.2 Å². The van der Waals surface area contributed by atoms with Crippen LogP contribution in [-0.4, -0.2) is 12.5 Å². The van der Waals surface area contributed by atoms with Gasteiger partial charge in [-0.1, -0.05) is 42.0 Å². The maximum atomic E-state index is 12.2. The fourth-order valence-electron chi connectivity index (χ4n) is 2.71. The van der Waals surface area contributed by atoms with Gasteiger partial charge < -0.3 is 15.8 Å². The molecule has 3 rings (SSSR count). The van der Waals surface area contributed by atoms with E-state index in [-0.39, 0.29) is 6.61 Å². The second kappa shape index (κ2) is 5.22. The van der Waals surface area contributed by atoms with E-state index in [1.54, 1.807) is 0 Å². The molecule has 1 unspecified atom stereocenters. The molecule has 1 heterocycles. The minimum Gasteiger partial charge on any atom is -0.373 e. The minimum absolute atomic E-state index is 0.229. The molecule has 2 aromatic rings. The molecule has 1 aliphatic rings. The molecule has 0 fully saturated rings. The lowest BCUT2D eigenvalue weighted by Gasteiger charge is -2.37. The Balaban J connectivity index is 2.05. The smallest absolute Gasteiger partial charge is 0.250 e. The van der Waals surface area contributed by atoms with Crippen LogP contribution in [0.3, 0.4) is 0 Å². The van der Waals surface area contributed by atoms with Gasteiger partial charge in [-0.15, -0.1) is 0 Å². The second-order valence-corrected chi connectivity index (χ2v) is 5.41. The SMILES string of the molecule is Cc1ccc(NC2(C(N)=O)COCc3ccccc32)cc1. The van der Waals surface area contributed by atoms with Crippen LogP contribution in [0.4, 0.5) is 5.69 Å². The summed E-state index contributed by atoms with van der Waals surface area (Å²) < 4.78 is 5.61. The van der Waals surface area contributed by atoms with Crippen molar-refractivity contribution in [2.24, 2.45) is 5.73 Å². The van der Waals surface area contributed by atoms with E-state index in [0.29, 0.717) is 6.61 Å². The van der Waals surface area contributed by atoms with Crippen molar-refractivity contribution in [1.82, 2.24) is 0 Å². The third-order valence-electron chi connectivity index (χ3n) is 3.88. The molecule has 0 spiro atoms. The number of aryl methyl sites for hydroxylation is 1. The zero-order chi connectivity index (χ0) is 14.9. The fourth-order valence-corrected chi connectivity index (χ4v) is 2.71. The molecule has 4 nitrogen and oxygen atoms in total. The molecular formula is C17H18N2O2. The lowest BCUT2D eigenvalue weighted by Crippen LogP contribution is -2.53. The van der Waals surface area contributed by atoms with Gasteiger partial charge in [-0.2, -0.15) is 0 Å². The first-order valence-electron chi connectivity index (χ1n) is 6.93. The Morgan fingerprint density at radius 2 is 1.90 bits per heavy atom. The van der Waals surface area contributed by atoms with Crippen molar-refractivity contribution in [2.45, 2.75) is 19.1 Å². The summed E-state index contributed by atoms with van der Waals surface area (Å²) in [7, 11) is 0. The number of benzene rings is 2. The lowest BCUT2D eigenvalue weighted by atomic mass is 9.84. The van der Waals surface area contributed by atoms with Crippen LogP contribution in [0.25, 0.3) is 0 Å². The molecule has 0 aliphatic carbocycles. The number of nitrogens with two attached hydrogens (primary N) is 1. The molecule has 108 valence electrons. The van der Waals surface area contributed by atoms with Crippen molar-refractivity contribution in [3.63, 3.8) is 0 Å². The maximum absolute atomic E-state index is 12.2. The number of primary amides is 1. The average molecular weight is 282 g/mol. The van der Waals surface area contributed by atoms with Crippen LogP contribution >= 0.6 is 0 Å². The number of carbonyl (C=O) groups is 1. The van der Waals surface area contributed by atoms with Crippen LogP contribution in [0.1, 0.15) is 16.7 Å². The monoisotopic (exact) mass is 282 g/mol. The number of rotatable bonds is 3. The Labute approximate surface area is 123 Å². The summed E-state index contributed by atoms with van der Waals surface area (Å²) in [6, 6.07) is 15.6. The molecule has 1 aliphatic heterocycles. The summed E-state index contributed by atoms with van der Waals surface area (Å²) in [4.78, 5) is 12.2. The normalized spacial score (nSPS) is 20.6. The molecule has 0 radical (unpaired) electrons. The zero-order valence-electron chi connectivity index (χ0n) is 11.9. The van der Waals surface area contributed by atoms with Gasteiger partial charge in [0.05, 0.1) is 13.2 Å². The molecule has 4 heteroatoms. The number of anilines is 1. The summed E-state index contributed by atoms with van der Waals surface area (Å²) in [6.45, 7) is 2.75. The van der Waals surface area contributed by atoms with Crippen molar-refractivity contribution < 1.29 is 9.53 Å². The van der Waals surface area contributed by atoms with Crippen LogP contribution in [-0.2, 0) is 21.7 Å². The van der Waals surface area contributed by atoms with E-state index < -0.39 is 11.4 Å². The quantitative estimate of drug-likeness (QED) is 0.908. The first-order chi connectivity index (χ1) is 10.1. The van der Waals surface area contributed by atoms with Crippen molar-refractivity contribution >= 4 is 11.6 Å². The maximum Gasteiger partial charge on any atom is 0.250 e. The molecule has 0 saturated carbocycles. The van der Waals surface area contributed by atoms with E-state index in [1.165, 1.54) is 0 Å². The van der Waals surface area contributed by atoms with Crippen LogP contribution in [0.2, 0.25) is 0 Å². The largest absolute Gasteiger partial charge is 0.373 e. The van der Waals surface area contributed by atoms with E-state index in [4.69, 9.17) is 10.5 Å². The summed E-state index contributed by atoms with van der Waals surface area (Å²) in [5.74, 6) is -0.435. The topological polar surface area (TPSA) is 64.3 Å². The van der Waals surface area contributed by atoms with Crippen LogP contribution in [0, 0.1) is 6.92 Å². The standard InChI is InChI=1S/C17H18N2O2/c1-12-6-8-14(9-7-12)19-17(16(18)20)11-21-10-13-4-2-3-5-15(13)17/h2-9,19H,10-11H2,1H3,(H2,18,20). The van der Waals surface area contributed by atoms with Crippen molar-refractivity contribution in [3.05, 3.63) is 65.2 Å². The van der Waals surface area contributed by atoms with Crippen LogP contribution < -0.4 is 11.1 Å². The van der Waals surface area contributed by atoms with Gasteiger partial charge in [0.25, 0.3) is 0 Å². The Bertz CT molecular complexity index is 667. The van der Waals surface area contributed by atoms with E-state index in [0.717, 1.165) is 22.4 Å². The Kier molecular flexibility index (Phi) is 3.39. The van der Waals surface area contributed by atoms with Gasteiger partial charge in [-0.3, -0.25) is 4.79 Å². The molecule has 1 amide bonds. The molecule has 0 bridgehead atoms. The zero-order valence-corrected chi connectivity index (χ0v) is 11.9. The van der Waals surface area contributed by atoms with E-state index in [9.17, 15) is 4.79 Å². The predicted octanol–water partition coefficient (Wildman–Crippen LogP) is 2.32. The highest BCUT2D eigenvalue weighted by Crippen LogP contribution is 2.33. The summed E-state index contributed by atoms with van der Waals surface area (Å²) >= 11 is 0. The second-order valence-electron chi connectivity index (χ2n) is 5.41. The first kappa shape index (κ1) is 13.6. The third-order valence-corrected chi connectivity index (χ3v) is 3.88. The number of ether oxygens (including phenoxy) is 1. The van der Waals surface area contributed by atoms with Crippen molar-refractivity contribution in [1.29, 1.82) is 0 Å². The number of amides is 1. The van der Waals surface area contributed by atoms with Gasteiger partial charge in [0.15, 0.2) is 5.54 Å². The Hall–Kier alpha value is -2.33. The molecule has 0 aromatic heterocycles. The molecule has 0 saturated heterocycles. The van der Waals surface area contributed by atoms with E-state index in [1.807, 2.05) is 55.5 Å². The van der Waals surface area contributed by atoms with Gasteiger partial charge in [-0.25, -0.2) is 0 Å². The van der Waals surface area contributed by atoms with Gasteiger partial charge in [0.2, 0.25) is 5.91 Å². The Morgan fingerprint density at radius 1 is 1.19 bits per heavy atom. The van der Waals surface area contributed by atoms with Crippen LogP contribution in [0.15, 0.2) is 48.5 Å². The average Bonchev–Trinajstić information content (AvgIpc) is 2.50. The Morgan fingerprint density at radius 3 is 2.62 bits per heavy atom. The molecule has 1 atom stereocenters.